The standard InChI is InChI=1S/C19H28N4O/c1-4-21(3)19(24)15-9-8-12-22(13-15)14-18-20-16-10-6-7-11-17(16)23(18)5-2/h6-7,10-11,15H,4-5,8-9,12-14H2,1-3H3/t15-/m1/s1. The lowest BCUT2D eigenvalue weighted by atomic mass is 9.96. The molecule has 24 heavy (non-hydrogen) atoms. The average Bonchev–Trinajstić information content (AvgIpc) is 2.97. The maximum atomic E-state index is 12.5. The zero-order valence-electron chi connectivity index (χ0n) is 15.0. The van der Waals surface area contributed by atoms with Crippen molar-refractivity contribution < 1.29 is 4.79 Å². The lowest BCUT2D eigenvalue weighted by molar-refractivity contribution is -0.135. The molecule has 1 aromatic heterocycles. The van der Waals surface area contributed by atoms with Gasteiger partial charge in [0, 0.05) is 26.7 Å². The van der Waals surface area contributed by atoms with E-state index in [0.29, 0.717) is 0 Å². The summed E-state index contributed by atoms with van der Waals surface area (Å²) in [6.07, 6.45) is 2.09. The lowest BCUT2D eigenvalue weighted by Crippen LogP contribution is -2.43. The number of para-hydroxylation sites is 2. The highest BCUT2D eigenvalue weighted by Crippen LogP contribution is 2.22. The van der Waals surface area contributed by atoms with Crippen molar-refractivity contribution in [2.24, 2.45) is 5.92 Å². The first-order valence-corrected chi connectivity index (χ1v) is 9.05. The number of benzene rings is 1. The molecule has 0 spiro atoms. The van der Waals surface area contributed by atoms with E-state index < -0.39 is 0 Å². The molecule has 2 aromatic rings. The zero-order valence-corrected chi connectivity index (χ0v) is 15.0. The van der Waals surface area contributed by atoms with Crippen molar-refractivity contribution in [1.29, 1.82) is 0 Å². The van der Waals surface area contributed by atoms with Crippen molar-refractivity contribution in [1.82, 2.24) is 19.4 Å². The van der Waals surface area contributed by atoms with Crippen LogP contribution in [-0.4, -0.2) is 51.9 Å². The Bertz CT molecular complexity index is 708. The highest BCUT2D eigenvalue weighted by atomic mass is 16.2. The Balaban J connectivity index is 1.75. The molecule has 1 fully saturated rings. The summed E-state index contributed by atoms with van der Waals surface area (Å²) in [7, 11) is 1.90. The van der Waals surface area contributed by atoms with Gasteiger partial charge in [-0.25, -0.2) is 4.98 Å². The smallest absolute Gasteiger partial charge is 0.226 e. The molecule has 0 aliphatic carbocycles. The van der Waals surface area contributed by atoms with Crippen LogP contribution in [0.3, 0.4) is 0 Å². The van der Waals surface area contributed by atoms with E-state index in [0.717, 1.165) is 56.9 Å². The number of hydrogen-bond donors (Lipinski definition) is 0. The number of aromatic nitrogens is 2. The number of fused-ring (bicyclic) bond motifs is 1. The normalized spacial score (nSPS) is 18.9. The number of aryl methyl sites for hydroxylation is 1. The number of imidazole rings is 1. The number of hydrogen-bond acceptors (Lipinski definition) is 3. The second kappa shape index (κ2) is 7.34. The predicted molar refractivity (Wildman–Crippen MR) is 96.7 cm³/mol. The Hall–Kier alpha value is -1.88. The minimum Gasteiger partial charge on any atom is -0.346 e. The Morgan fingerprint density at radius 3 is 2.88 bits per heavy atom. The molecule has 130 valence electrons. The van der Waals surface area contributed by atoms with Crippen LogP contribution in [0, 0.1) is 5.92 Å². The molecular formula is C19H28N4O. The first-order valence-electron chi connectivity index (χ1n) is 9.05. The number of amides is 1. The summed E-state index contributed by atoms with van der Waals surface area (Å²) < 4.78 is 2.29. The third-order valence-electron chi connectivity index (χ3n) is 5.12. The predicted octanol–water partition coefficient (Wildman–Crippen LogP) is 2.75. The molecule has 0 radical (unpaired) electrons. The van der Waals surface area contributed by atoms with Crippen molar-refractivity contribution >= 4 is 16.9 Å². The van der Waals surface area contributed by atoms with Gasteiger partial charge in [-0.2, -0.15) is 0 Å². The quantitative estimate of drug-likeness (QED) is 0.847. The van der Waals surface area contributed by atoms with E-state index >= 15 is 0 Å². The fourth-order valence-electron chi connectivity index (χ4n) is 3.67. The molecule has 1 aliphatic heterocycles. The van der Waals surface area contributed by atoms with Gasteiger partial charge in [-0.05, 0) is 45.4 Å². The van der Waals surface area contributed by atoms with Crippen molar-refractivity contribution in [3.05, 3.63) is 30.1 Å². The van der Waals surface area contributed by atoms with Crippen molar-refractivity contribution in [2.75, 3.05) is 26.7 Å². The number of carbonyl (C=O) groups excluding carboxylic acids is 1. The van der Waals surface area contributed by atoms with E-state index in [4.69, 9.17) is 4.98 Å². The van der Waals surface area contributed by atoms with Crippen molar-refractivity contribution in [3.63, 3.8) is 0 Å². The maximum Gasteiger partial charge on any atom is 0.226 e. The number of nitrogens with zero attached hydrogens (tertiary/aromatic N) is 4. The van der Waals surface area contributed by atoms with Crippen molar-refractivity contribution in [2.45, 2.75) is 39.8 Å². The number of rotatable bonds is 5. The molecule has 2 heterocycles. The molecule has 0 unspecified atom stereocenters. The van der Waals surface area contributed by atoms with Crippen LogP contribution in [0.25, 0.3) is 11.0 Å². The van der Waals surface area contributed by atoms with E-state index in [-0.39, 0.29) is 11.8 Å². The maximum absolute atomic E-state index is 12.5. The Morgan fingerprint density at radius 2 is 2.12 bits per heavy atom. The molecule has 1 aromatic carbocycles. The van der Waals surface area contributed by atoms with Gasteiger partial charge in [0.05, 0.1) is 23.5 Å². The molecule has 1 atom stereocenters. The van der Waals surface area contributed by atoms with E-state index in [2.05, 4.69) is 34.6 Å². The summed E-state index contributed by atoms with van der Waals surface area (Å²) in [5, 5.41) is 0. The summed E-state index contributed by atoms with van der Waals surface area (Å²) >= 11 is 0. The third-order valence-corrected chi connectivity index (χ3v) is 5.12. The van der Waals surface area contributed by atoms with Crippen LogP contribution in [-0.2, 0) is 17.9 Å². The van der Waals surface area contributed by atoms with Gasteiger partial charge in [-0.1, -0.05) is 12.1 Å². The van der Waals surface area contributed by atoms with Gasteiger partial charge in [0.25, 0.3) is 0 Å². The van der Waals surface area contributed by atoms with Crippen LogP contribution >= 0.6 is 0 Å². The van der Waals surface area contributed by atoms with Gasteiger partial charge < -0.3 is 9.47 Å². The largest absolute Gasteiger partial charge is 0.346 e. The zero-order chi connectivity index (χ0) is 17.1. The van der Waals surface area contributed by atoms with Crippen LogP contribution < -0.4 is 0 Å². The third kappa shape index (κ3) is 3.31. The average molecular weight is 328 g/mol. The number of piperidine rings is 1. The van der Waals surface area contributed by atoms with Crippen LogP contribution in [0.4, 0.5) is 0 Å². The second-order valence-electron chi connectivity index (χ2n) is 6.69. The van der Waals surface area contributed by atoms with Gasteiger partial charge in [-0.3, -0.25) is 9.69 Å². The summed E-state index contributed by atoms with van der Waals surface area (Å²) in [6.45, 7) is 8.61. The number of likely N-dealkylation sites (tertiary alicyclic amines) is 1. The first kappa shape index (κ1) is 17.0. The summed E-state index contributed by atoms with van der Waals surface area (Å²) in [5.74, 6) is 1.52. The van der Waals surface area contributed by atoms with Gasteiger partial charge in [0.2, 0.25) is 5.91 Å². The van der Waals surface area contributed by atoms with Crippen LogP contribution in [0.15, 0.2) is 24.3 Å². The fraction of sp³-hybridized carbons (Fsp3) is 0.579. The highest BCUT2D eigenvalue weighted by molar-refractivity contribution is 5.79. The van der Waals surface area contributed by atoms with Gasteiger partial charge in [-0.15, -0.1) is 0 Å². The molecule has 5 heteroatoms. The second-order valence-corrected chi connectivity index (χ2v) is 6.69. The molecule has 1 amide bonds. The summed E-state index contributed by atoms with van der Waals surface area (Å²) in [6, 6.07) is 8.31. The fourth-order valence-corrected chi connectivity index (χ4v) is 3.67. The minimum absolute atomic E-state index is 0.128. The molecule has 0 N–H and O–H groups in total. The Morgan fingerprint density at radius 1 is 1.33 bits per heavy atom. The van der Waals surface area contributed by atoms with E-state index in [9.17, 15) is 4.79 Å². The highest BCUT2D eigenvalue weighted by Gasteiger charge is 2.28. The SMILES string of the molecule is CCN(C)C(=O)[C@@H]1CCCN(Cc2nc3ccccc3n2CC)C1. The van der Waals surface area contributed by atoms with Gasteiger partial charge in [0.1, 0.15) is 5.82 Å². The van der Waals surface area contributed by atoms with E-state index in [1.165, 1.54) is 5.52 Å². The monoisotopic (exact) mass is 328 g/mol. The van der Waals surface area contributed by atoms with Crippen LogP contribution in [0.2, 0.25) is 0 Å². The molecule has 0 saturated carbocycles. The van der Waals surface area contributed by atoms with Crippen LogP contribution in [0.5, 0.6) is 0 Å². The topological polar surface area (TPSA) is 41.4 Å². The van der Waals surface area contributed by atoms with Crippen molar-refractivity contribution in [3.8, 4) is 0 Å². The lowest BCUT2D eigenvalue weighted by Gasteiger charge is -2.33. The molecule has 3 rings (SSSR count). The van der Waals surface area contributed by atoms with E-state index in [1.807, 2.05) is 24.9 Å². The van der Waals surface area contributed by atoms with Gasteiger partial charge in [0.15, 0.2) is 0 Å². The summed E-state index contributed by atoms with van der Waals surface area (Å²) in [5.41, 5.74) is 2.26. The van der Waals surface area contributed by atoms with Gasteiger partial charge >= 0.3 is 0 Å². The first-order chi connectivity index (χ1) is 11.6. The molecule has 5 nitrogen and oxygen atoms in total. The molecule has 1 saturated heterocycles. The molecular weight excluding hydrogens is 300 g/mol. The molecule has 0 bridgehead atoms. The number of carbonyl (C=O) groups is 1. The Labute approximate surface area is 144 Å². The Kier molecular flexibility index (Phi) is 5.19. The minimum atomic E-state index is 0.128. The van der Waals surface area contributed by atoms with E-state index in [1.54, 1.807) is 0 Å². The summed E-state index contributed by atoms with van der Waals surface area (Å²) in [4.78, 5) is 21.5. The molecule has 1 aliphatic rings. The van der Waals surface area contributed by atoms with Crippen LogP contribution in [0.1, 0.15) is 32.5 Å².